The third-order valence-corrected chi connectivity index (χ3v) is 3.64. The number of sulfonamides is 1. The molecule has 0 bridgehead atoms. The molecule has 0 aliphatic rings. The number of hydrogen-bond donors (Lipinski definition) is 1. The van der Waals surface area contributed by atoms with E-state index in [0.717, 1.165) is 0 Å². The van der Waals surface area contributed by atoms with E-state index in [9.17, 15) is 13.2 Å². The van der Waals surface area contributed by atoms with Gasteiger partial charge in [0.1, 0.15) is 5.78 Å². The van der Waals surface area contributed by atoms with Crippen molar-refractivity contribution in [1.82, 2.24) is 4.72 Å². The van der Waals surface area contributed by atoms with E-state index in [-0.39, 0.29) is 11.5 Å². The predicted octanol–water partition coefficient (Wildman–Crippen LogP) is 1.32. The molecule has 0 amide bonds. The van der Waals surface area contributed by atoms with Gasteiger partial charge in [0.05, 0.1) is 11.8 Å². The Labute approximate surface area is 92.5 Å². The normalized spacial score (nSPS) is 14.2. The van der Waals surface area contributed by atoms with E-state index in [2.05, 4.69) is 4.72 Å². The van der Waals surface area contributed by atoms with Crippen LogP contribution in [0.25, 0.3) is 0 Å². The molecule has 0 saturated carbocycles. The van der Waals surface area contributed by atoms with Crippen LogP contribution in [0.15, 0.2) is 0 Å². The van der Waals surface area contributed by atoms with Gasteiger partial charge in [-0.2, -0.15) is 0 Å². The summed E-state index contributed by atoms with van der Waals surface area (Å²) in [7, 11) is -3.30. The summed E-state index contributed by atoms with van der Waals surface area (Å²) in [5.74, 6) is 0.355. The summed E-state index contributed by atoms with van der Waals surface area (Å²) < 4.78 is 25.4. The van der Waals surface area contributed by atoms with Gasteiger partial charge in [0.25, 0.3) is 0 Å². The van der Waals surface area contributed by atoms with Crippen LogP contribution in [0.5, 0.6) is 0 Å². The Morgan fingerprint density at radius 2 is 1.80 bits per heavy atom. The molecule has 90 valence electrons. The average molecular weight is 235 g/mol. The summed E-state index contributed by atoms with van der Waals surface area (Å²) in [6, 6.07) is -0.604. The molecule has 0 aliphatic carbocycles. The summed E-state index contributed by atoms with van der Waals surface area (Å²) in [5, 5.41) is 0. The molecule has 0 aliphatic heterocycles. The van der Waals surface area contributed by atoms with Gasteiger partial charge >= 0.3 is 0 Å². The third kappa shape index (κ3) is 6.62. The first-order chi connectivity index (χ1) is 6.78. The summed E-state index contributed by atoms with van der Waals surface area (Å²) >= 11 is 0. The second kappa shape index (κ2) is 6.23. The van der Waals surface area contributed by atoms with Crippen molar-refractivity contribution in [2.75, 3.05) is 5.75 Å². The highest BCUT2D eigenvalue weighted by molar-refractivity contribution is 7.89. The molecule has 1 atom stereocenters. The average Bonchev–Trinajstić information content (AvgIpc) is 2.13. The molecule has 0 aromatic carbocycles. The first-order valence-electron chi connectivity index (χ1n) is 5.31. The van der Waals surface area contributed by atoms with E-state index in [0.29, 0.717) is 18.8 Å². The minimum absolute atomic E-state index is 0.0804. The van der Waals surface area contributed by atoms with Crippen LogP contribution in [0.2, 0.25) is 0 Å². The zero-order chi connectivity index (χ0) is 12.1. The van der Waals surface area contributed by atoms with Crippen LogP contribution in [0.1, 0.15) is 40.5 Å². The number of carbonyl (C=O) groups is 1. The Bertz CT molecular complexity index is 296. The molecule has 0 heterocycles. The summed E-state index contributed by atoms with van der Waals surface area (Å²) in [6.45, 7) is 7.24. The Kier molecular flexibility index (Phi) is 6.05. The van der Waals surface area contributed by atoms with E-state index < -0.39 is 16.1 Å². The number of hydrogen-bond acceptors (Lipinski definition) is 3. The third-order valence-electron chi connectivity index (χ3n) is 2.15. The van der Waals surface area contributed by atoms with Crippen molar-refractivity contribution in [3.8, 4) is 0 Å². The van der Waals surface area contributed by atoms with Crippen molar-refractivity contribution in [1.29, 1.82) is 0 Å². The summed E-state index contributed by atoms with van der Waals surface area (Å²) in [5.41, 5.74) is 0. The molecule has 0 rings (SSSR count). The first-order valence-corrected chi connectivity index (χ1v) is 6.96. The number of carbonyl (C=O) groups excluding carboxylic acids is 1. The minimum atomic E-state index is -3.30. The van der Waals surface area contributed by atoms with E-state index in [1.165, 1.54) is 0 Å². The lowest BCUT2D eigenvalue weighted by atomic mass is 10.2. The van der Waals surface area contributed by atoms with Crippen LogP contribution in [0.3, 0.4) is 0 Å². The monoisotopic (exact) mass is 235 g/mol. The van der Waals surface area contributed by atoms with Gasteiger partial charge in [-0.15, -0.1) is 0 Å². The Morgan fingerprint density at radius 3 is 2.20 bits per heavy atom. The van der Waals surface area contributed by atoms with E-state index in [1.807, 2.05) is 13.8 Å². The molecule has 0 saturated heterocycles. The molecule has 5 heteroatoms. The molecule has 4 nitrogen and oxygen atoms in total. The fraction of sp³-hybridized carbons (Fsp3) is 0.900. The van der Waals surface area contributed by atoms with Crippen LogP contribution >= 0.6 is 0 Å². The van der Waals surface area contributed by atoms with Gasteiger partial charge in [-0.3, -0.25) is 4.79 Å². The zero-order valence-electron chi connectivity index (χ0n) is 9.91. The van der Waals surface area contributed by atoms with Gasteiger partial charge in [-0.25, -0.2) is 13.1 Å². The van der Waals surface area contributed by atoms with Gasteiger partial charge in [-0.1, -0.05) is 20.8 Å². The van der Waals surface area contributed by atoms with Crippen molar-refractivity contribution in [2.24, 2.45) is 5.92 Å². The van der Waals surface area contributed by atoms with Crippen LogP contribution in [-0.2, 0) is 14.8 Å². The molecule has 0 aromatic heterocycles. The van der Waals surface area contributed by atoms with E-state index >= 15 is 0 Å². The number of nitrogens with one attached hydrogen (secondary N) is 1. The van der Waals surface area contributed by atoms with Gasteiger partial charge in [0.2, 0.25) is 10.0 Å². The first kappa shape index (κ1) is 14.6. The standard InChI is InChI=1S/C10H21NO3S/c1-5-10(12)9(4)11-15(13,14)7-6-8(2)3/h8-9,11H,5-7H2,1-4H3. The van der Waals surface area contributed by atoms with Crippen molar-refractivity contribution in [3.63, 3.8) is 0 Å². The highest BCUT2D eigenvalue weighted by atomic mass is 32.2. The van der Waals surface area contributed by atoms with Crippen molar-refractivity contribution < 1.29 is 13.2 Å². The fourth-order valence-electron chi connectivity index (χ4n) is 1.09. The number of Topliss-reactive ketones (excluding diaryl/α,β-unsaturated/α-hetero) is 1. The smallest absolute Gasteiger partial charge is 0.212 e. The van der Waals surface area contributed by atoms with Gasteiger partial charge in [-0.05, 0) is 19.3 Å². The molecule has 1 N–H and O–H groups in total. The largest absolute Gasteiger partial charge is 0.298 e. The van der Waals surface area contributed by atoms with E-state index in [4.69, 9.17) is 0 Å². The van der Waals surface area contributed by atoms with Crippen molar-refractivity contribution in [2.45, 2.75) is 46.6 Å². The Morgan fingerprint density at radius 1 is 1.27 bits per heavy atom. The minimum Gasteiger partial charge on any atom is -0.298 e. The highest BCUT2D eigenvalue weighted by Gasteiger charge is 2.18. The maximum Gasteiger partial charge on any atom is 0.212 e. The lowest BCUT2D eigenvalue weighted by Gasteiger charge is -2.13. The predicted molar refractivity (Wildman–Crippen MR) is 61.1 cm³/mol. The lowest BCUT2D eigenvalue weighted by molar-refractivity contribution is -0.119. The van der Waals surface area contributed by atoms with E-state index in [1.54, 1.807) is 13.8 Å². The molecule has 0 radical (unpaired) electrons. The zero-order valence-corrected chi connectivity index (χ0v) is 10.7. The highest BCUT2D eigenvalue weighted by Crippen LogP contribution is 2.03. The lowest BCUT2D eigenvalue weighted by Crippen LogP contribution is -2.39. The number of rotatable bonds is 7. The maximum absolute atomic E-state index is 11.5. The topological polar surface area (TPSA) is 63.2 Å². The summed E-state index contributed by atoms with van der Waals surface area (Å²) in [6.07, 6.45) is 0.968. The van der Waals surface area contributed by atoms with Gasteiger partial charge < -0.3 is 0 Å². The number of ketones is 1. The molecule has 0 fully saturated rings. The van der Waals surface area contributed by atoms with Crippen LogP contribution in [0, 0.1) is 5.92 Å². The molecule has 0 spiro atoms. The van der Waals surface area contributed by atoms with Gasteiger partial charge in [0, 0.05) is 6.42 Å². The Balaban J connectivity index is 4.20. The van der Waals surface area contributed by atoms with Crippen LogP contribution < -0.4 is 4.72 Å². The second-order valence-corrected chi connectivity index (χ2v) is 6.03. The quantitative estimate of drug-likeness (QED) is 0.724. The van der Waals surface area contributed by atoms with Crippen molar-refractivity contribution in [3.05, 3.63) is 0 Å². The molecule has 1 unspecified atom stereocenters. The maximum atomic E-state index is 11.5. The Hall–Kier alpha value is -0.420. The summed E-state index contributed by atoms with van der Waals surface area (Å²) in [4.78, 5) is 11.2. The molecule has 15 heavy (non-hydrogen) atoms. The van der Waals surface area contributed by atoms with Crippen LogP contribution in [0.4, 0.5) is 0 Å². The molecule has 0 aromatic rings. The second-order valence-electron chi connectivity index (χ2n) is 4.16. The van der Waals surface area contributed by atoms with Crippen molar-refractivity contribution >= 4 is 15.8 Å². The molecular weight excluding hydrogens is 214 g/mol. The SMILES string of the molecule is CCC(=O)C(C)NS(=O)(=O)CCC(C)C. The van der Waals surface area contributed by atoms with Crippen LogP contribution in [-0.4, -0.2) is 26.0 Å². The molecular formula is C10H21NO3S. The van der Waals surface area contributed by atoms with Gasteiger partial charge in [0.15, 0.2) is 0 Å². The fourth-order valence-corrected chi connectivity index (χ4v) is 2.66.